The van der Waals surface area contributed by atoms with Crippen LogP contribution in [0, 0.1) is 0 Å². The highest BCUT2D eigenvalue weighted by atomic mass is 16.5. The van der Waals surface area contributed by atoms with Crippen LogP contribution in [0.4, 0.5) is 5.82 Å². The van der Waals surface area contributed by atoms with Gasteiger partial charge in [0, 0.05) is 7.11 Å². The van der Waals surface area contributed by atoms with Crippen molar-refractivity contribution in [2.45, 2.75) is 6.61 Å². The van der Waals surface area contributed by atoms with E-state index in [0.717, 1.165) is 0 Å². The van der Waals surface area contributed by atoms with Gasteiger partial charge in [0.25, 0.3) is 0 Å². The summed E-state index contributed by atoms with van der Waals surface area (Å²) in [5.74, 6) is 0.900. The highest BCUT2D eigenvalue weighted by Gasteiger charge is 1.97. The van der Waals surface area contributed by atoms with Crippen molar-refractivity contribution in [3.05, 3.63) is 12.2 Å². The third-order valence-electron chi connectivity index (χ3n) is 0.837. The summed E-state index contributed by atoms with van der Waals surface area (Å²) in [5.41, 5.74) is 5.25. The topological polar surface area (TPSA) is 61.3 Å². The lowest BCUT2D eigenvalue weighted by atomic mass is 10.7. The van der Waals surface area contributed by atoms with E-state index in [1.54, 1.807) is 7.11 Å². The van der Waals surface area contributed by atoms with Crippen LogP contribution in [0.1, 0.15) is 5.89 Å². The zero-order chi connectivity index (χ0) is 6.69. The molecule has 1 aromatic heterocycles. The molecule has 0 radical (unpaired) electrons. The van der Waals surface area contributed by atoms with Crippen LogP contribution in [-0.2, 0) is 11.3 Å². The van der Waals surface area contributed by atoms with Crippen LogP contribution < -0.4 is 5.73 Å². The van der Waals surface area contributed by atoms with Crippen molar-refractivity contribution < 1.29 is 9.15 Å². The minimum absolute atomic E-state index is 0.372. The second kappa shape index (κ2) is 2.50. The maximum Gasteiger partial charge on any atom is 0.222 e. The zero-order valence-corrected chi connectivity index (χ0v) is 5.13. The monoisotopic (exact) mass is 128 g/mol. The van der Waals surface area contributed by atoms with E-state index in [4.69, 9.17) is 14.9 Å². The molecule has 1 aromatic rings. The molecule has 4 heteroatoms. The Morgan fingerprint density at radius 3 is 3.11 bits per heavy atom. The Morgan fingerprint density at radius 2 is 2.67 bits per heavy atom. The number of nitrogens with zero attached hydrogens (tertiary/aromatic N) is 1. The fourth-order valence-corrected chi connectivity index (χ4v) is 0.515. The van der Waals surface area contributed by atoms with E-state index in [1.807, 2.05) is 0 Å². The van der Waals surface area contributed by atoms with E-state index in [9.17, 15) is 0 Å². The van der Waals surface area contributed by atoms with Gasteiger partial charge in [-0.1, -0.05) is 0 Å². The Balaban J connectivity index is 2.61. The molecule has 0 aliphatic rings. The summed E-state index contributed by atoms with van der Waals surface area (Å²) in [4.78, 5) is 3.79. The molecule has 1 heterocycles. The summed E-state index contributed by atoms with van der Waals surface area (Å²) in [6.07, 6.45) is 1.38. The molecular weight excluding hydrogens is 120 g/mol. The molecule has 0 aliphatic heterocycles. The average molecular weight is 128 g/mol. The van der Waals surface area contributed by atoms with Gasteiger partial charge in [0.15, 0.2) is 5.82 Å². The van der Waals surface area contributed by atoms with Crippen LogP contribution in [0.3, 0.4) is 0 Å². The molecule has 0 unspecified atom stereocenters. The number of ether oxygens (including phenoxy) is 1. The summed E-state index contributed by atoms with van der Waals surface area (Å²) in [7, 11) is 1.57. The summed E-state index contributed by atoms with van der Waals surface area (Å²) >= 11 is 0. The number of hydrogen-bond donors (Lipinski definition) is 1. The number of hydrogen-bond acceptors (Lipinski definition) is 4. The van der Waals surface area contributed by atoms with Gasteiger partial charge in [-0.25, -0.2) is 0 Å². The van der Waals surface area contributed by atoms with Gasteiger partial charge in [-0.3, -0.25) is 0 Å². The van der Waals surface area contributed by atoms with Crippen molar-refractivity contribution in [1.82, 2.24) is 4.98 Å². The predicted molar refractivity (Wildman–Crippen MR) is 31.6 cm³/mol. The van der Waals surface area contributed by atoms with E-state index in [1.165, 1.54) is 6.26 Å². The molecule has 0 atom stereocenters. The molecular formula is C5H8N2O2. The Hall–Kier alpha value is -1.03. The summed E-state index contributed by atoms with van der Waals surface area (Å²) in [6.45, 7) is 0.372. The van der Waals surface area contributed by atoms with Gasteiger partial charge in [-0.05, 0) is 0 Å². The lowest BCUT2D eigenvalue weighted by Crippen LogP contribution is -1.88. The van der Waals surface area contributed by atoms with Crippen LogP contribution in [0.15, 0.2) is 10.7 Å². The second-order valence-electron chi connectivity index (χ2n) is 1.60. The SMILES string of the molecule is COCc1nc(N)co1. The van der Waals surface area contributed by atoms with Crippen molar-refractivity contribution in [3.63, 3.8) is 0 Å². The van der Waals surface area contributed by atoms with Crippen molar-refractivity contribution in [2.24, 2.45) is 0 Å². The number of aromatic nitrogens is 1. The molecule has 0 spiro atoms. The first-order valence-electron chi connectivity index (χ1n) is 2.51. The maximum absolute atomic E-state index is 5.25. The largest absolute Gasteiger partial charge is 0.444 e. The quantitative estimate of drug-likeness (QED) is 0.626. The molecule has 2 N–H and O–H groups in total. The van der Waals surface area contributed by atoms with Gasteiger partial charge in [-0.2, -0.15) is 4.98 Å². The standard InChI is InChI=1S/C5H8N2O2/c1-8-3-5-7-4(6)2-9-5/h2H,3,6H2,1H3. The van der Waals surface area contributed by atoms with Gasteiger partial charge < -0.3 is 14.9 Å². The van der Waals surface area contributed by atoms with Crippen LogP contribution in [0.25, 0.3) is 0 Å². The van der Waals surface area contributed by atoms with Crippen LogP contribution in [0.5, 0.6) is 0 Å². The smallest absolute Gasteiger partial charge is 0.222 e. The molecule has 0 saturated carbocycles. The fraction of sp³-hybridized carbons (Fsp3) is 0.400. The van der Waals surface area contributed by atoms with Gasteiger partial charge in [0.2, 0.25) is 5.89 Å². The molecule has 4 nitrogen and oxygen atoms in total. The van der Waals surface area contributed by atoms with Gasteiger partial charge in [-0.15, -0.1) is 0 Å². The maximum atomic E-state index is 5.25. The molecule has 0 aromatic carbocycles. The van der Waals surface area contributed by atoms with Crippen molar-refractivity contribution >= 4 is 5.82 Å². The van der Waals surface area contributed by atoms with Crippen molar-refractivity contribution in [2.75, 3.05) is 12.8 Å². The van der Waals surface area contributed by atoms with E-state index in [-0.39, 0.29) is 0 Å². The molecule has 1 rings (SSSR count). The fourth-order valence-electron chi connectivity index (χ4n) is 0.515. The predicted octanol–water partition coefficient (Wildman–Crippen LogP) is 0.403. The molecule has 0 fully saturated rings. The second-order valence-corrected chi connectivity index (χ2v) is 1.60. The van der Waals surface area contributed by atoms with Crippen LogP contribution >= 0.6 is 0 Å². The Bertz CT molecular complexity index is 185. The third kappa shape index (κ3) is 1.43. The molecule has 0 saturated heterocycles. The van der Waals surface area contributed by atoms with Crippen LogP contribution in [0.2, 0.25) is 0 Å². The number of anilines is 1. The molecule has 50 valence electrons. The van der Waals surface area contributed by atoms with Crippen molar-refractivity contribution in [1.29, 1.82) is 0 Å². The summed E-state index contributed by atoms with van der Waals surface area (Å²) < 4.78 is 9.57. The van der Waals surface area contributed by atoms with Gasteiger partial charge in [0.1, 0.15) is 12.9 Å². The molecule has 9 heavy (non-hydrogen) atoms. The minimum atomic E-state index is 0.372. The highest BCUT2D eigenvalue weighted by molar-refractivity contribution is 5.21. The molecule has 0 bridgehead atoms. The van der Waals surface area contributed by atoms with Gasteiger partial charge in [0.05, 0.1) is 0 Å². The Morgan fingerprint density at radius 1 is 1.89 bits per heavy atom. The average Bonchev–Trinajstić information content (AvgIpc) is 2.17. The summed E-state index contributed by atoms with van der Waals surface area (Å²) in [6, 6.07) is 0. The minimum Gasteiger partial charge on any atom is -0.444 e. The van der Waals surface area contributed by atoms with E-state index < -0.39 is 0 Å². The first kappa shape index (κ1) is 6.10. The number of nitrogen functional groups attached to an aromatic ring is 1. The Labute approximate surface area is 52.6 Å². The lowest BCUT2D eigenvalue weighted by Gasteiger charge is -1.87. The number of rotatable bonds is 2. The molecule has 0 aliphatic carbocycles. The summed E-state index contributed by atoms with van der Waals surface area (Å²) in [5, 5.41) is 0. The zero-order valence-electron chi connectivity index (χ0n) is 5.13. The van der Waals surface area contributed by atoms with E-state index >= 15 is 0 Å². The lowest BCUT2D eigenvalue weighted by molar-refractivity contribution is 0.159. The van der Waals surface area contributed by atoms with E-state index in [2.05, 4.69) is 4.98 Å². The normalized spacial score (nSPS) is 9.89. The van der Waals surface area contributed by atoms with Crippen molar-refractivity contribution in [3.8, 4) is 0 Å². The number of methoxy groups -OCH3 is 1. The van der Waals surface area contributed by atoms with Crippen LogP contribution in [-0.4, -0.2) is 12.1 Å². The third-order valence-corrected chi connectivity index (χ3v) is 0.837. The van der Waals surface area contributed by atoms with E-state index in [0.29, 0.717) is 18.3 Å². The first-order chi connectivity index (χ1) is 4.33. The Kier molecular flexibility index (Phi) is 1.69. The first-order valence-corrected chi connectivity index (χ1v) is 2.51. The number of oxazole rings is 1. The molecule has 0 amide bonds. The number of nitrogens with two attached hydrogens (primary N) is 1. The van der Waals surface area contributed by atoms with Gasteiger partial charge >= 0.3 is 0 Å². The highest BCUT2D eigenvalue weighted by Crippen LogP contribution is 2.02.